The molecule has 0 radical (unpaired) electrons. The second-order valence-corrected chi connectivity index (χ2v) is 6.25. The summed E-state index contributed by atoms with van der Waals surface area (Å²) in [6.45, 7) is 4.74. The Morgan fingerprint density at radius 1 is 1.29 bits per heavy atom. The Kier molecular flexibility index (Phi) is 6.76. The van der Waals surface area contributed by atoms with Crippen LogP contribution in [0, 0.1) is 0 Å². The van der Waals surface area contributed by atoms with Crippen molar-refractivity contribution in [3.05, 3.63) is 33.8 Å². The summed E-state index contributed by atoms with van der Waals surface area (Å²) in [5.74, 6) is 0.683. The van der Waals surface area contributed by atoms with Crippen LogP contribution in [0.2, 0.25) is 10.0 Å². The monoisotopic (exact) mass is 345 g/mol. The van der Waals surface area contributed by atoms with E-state index in [1.165, 1.54) is 0 Å². The molecule has 8 heteroatoms. The van der Waals surface area contributed by atoms with Crippen molar-refractivity contribution in [3.63, 3.8) is 0 Å². The van der Waals surface area contributed by atoms with E-state index in [2.05, 4.69) is 27.8 Å². The molecule has 0 aliphatic carbocycles. The topological polar surface area (TPSA) is 55.6 Å². The van der Waals surface area contributed by atoms with E-state index < -0.39 is 0 Å². The second kappa shape index (κ2) is 8.58. The third kappa shape index (κ3) is 5.14. The first-order chi connectivity index (χ1) is 10.2. The van der Waals surface area contributed by atoms with E-state index in [-0.39, 0.29) is 0 Å². The number of tetrazole rings is 1. The van der Waals surface area contributed by atoms with Crippen molar-refractivity contribution in [1.82, 2.24) is 25.5 Å². The fraction of sp³-hybridized carbons (Fsp3) is 0.462. The highest BCUT2D eigenvalue weighted by Crippen LogP contribution is 2.27. The Morgan fingerprint density at radius 3 is 2.95 bits per heavy atom. The first-order valence-electron chi connectivity index (χ1n) is 6.74. The molecule has 0 spiro atoms. The van der Waals surface area contributed by atoms with Crippen LogP contribution in [0.3, 0.4) is 0 Å². The Balaban J connectivity index is 1.91. The van der Waals surface area contributed by atoms with Crippen molar-refractivity contribution in [2.75, 3.05) is 13.1 Å². The van der Waals surface area contributed by atoms with Gasteiger partial charge in [-0.05, 0) is 47.2 Å². The van der Waals surface area contributed by atoms with E-state index in [0.717, 1.165) is 36.8 Å². The van der Waals surface area contributed by atoms with Gasteiger partial charge in [-0.1, -0.05) is 41.9 Å². The standard InChI is InChI=1S/C13H17Cl2N5S/c1-2-5-16-6-7-20-13(17-18-19-20)21-9-10-8-11(14)3-4-12(10)15/h3-4,8,16H,2,5-7,9H2,1H3. The van der Waals surface area contributed by atoms with Crippen molar-refractivity contribution in [3.8, 4) is 0 Å². The smallest absolute Gasteiger partial charge is 0.209 e. The maximum atomic E-state index is 6.15. The lowest BCUT2D eigenvalue weighted by Crippen LogP contribution is -2.21. The maximum Gasteiger partial charge on any atom is 0.209 e. The number of nitrogens with zero attached hydrogens (tertiary/aromatic N) is 4. The van der Waals surface area contributed by atoms with Gasteiger partial charge in [0.2, 0.25) is 5.16 Å². The average molecular weight is 346 g/mol. The quantitative estimate of drug-likeness (QED) is 0.587. The molecule has 2 rings (SSSR count). The van der Waals surface area contributed by atoms with Crippen LogP contribution >= 0.6 is 35.0 Å². The minimum absolute atomic E-state index is 0.679. The zero-order valence-corrected chi connectivity index (χ0v) is 14.0. The van der Waals surface area contributed by atoms with Gasteiger partial charge in [0.25, 0.3) is 0 Å². The molecule has 1 heterocycles. The molecular weight excluding hydrogens is 329 g/mol. The summed E-state index contributed by atoms with van der Waals surface area (Å²) < 4.78 is 1.80. The van der Waals surface area contributed by atoms with Gasteiger partial charge in [-0.25, -0.2) is 4.68 Å². The van der Waals surface area contributed by atoms with E-state index >= 15 is 0 Å². The van der Waals surface area contributed by atoms with E-state index in [1.807, 2.05) is 6.07 Å². The van der Waals surface area contributed by atoms with Crippen molar-refractivity contribution in [2.45, 2.75) is 30.8 Å². The number of thioether (sulfide) groups is 1. The summed E-state index contributed by atoms with van der Waals surface area (Å²) in [6, 6.07) is 5.45. The SMILES string of the molecule is CCCNCCn1nnnc1SCc1cc(Cl)ccc1Cl. The van der Waals surface area contributed by atoms with Gasteiger partial charge < -0.3 is 5.32 Å². The van der Waals surface area contributed by atoms with E-state index in [4.69, 9.17) is 23.2 Å². The van der Waals surface area contributed by atoms with E-state index in [0.29, 0.717) is 15.8 Å². The summed E-state index contributed by atoms with van der Waals surface area (Å²) in [7, 11) is 0. The molecule has 0 bridgehead atoms. The van der Waals surface area contributed by atoms with Gasteiger partial charge in [-0.3, -0.25) is 0 Å². The van der Waals surface area contributed by atoms with Crippen LogP contribution in [0.5, 0.6) is 0 Å². The zero-order valence-electron chi connectivity index (χ0n) is 11.7. The minimum Gasteiger partial charge on any atom is -0.315 e. The first-order valence-corrected chi connectivity index (χ1v) is 8.48. The van der Waals surface area contributed by atoms with Gasteiger partial charge >= 0.3 is 0 Å². The minimum atomic E-state index is 0.679. The largest absolute Gasteiger partial charge is 0.315 e. The molecular formula is C13H17Cl2N5S. The molecule has 0 saturated heterocycles. The van der Waals surface area contributed by atoms with Crippen LogP contribution in [0.1, 0.15) is 18.9 Å². The predicted octanol–water partition coefficient (Wildman–Crippen LogP) is 3.27. The molecule has 0 aliphatic heterocycles. The molecule has 0 amide bonds. The summed E-state index contributed by atoms with van der Waals surface area (Å²) in [4.78, 5) is 0. The van der Waals surface area contributed by atoms with Gasteiger partial charge in [-0.2, -0.15) is 0 Å². The third-order valence-electron chi connectivity index (χ3n) is 2.79. The zero-order chi connectivity index (χ0) is 15.1. The molecule has 0 fully saturated rings. The molecule has 1 aromatic carbocycles. The second-order valence-electron chi connectivity index (χ2n) is 4.46. The molecule has 114 valence electrons. The highest BCUT2D eigenvalue weighted by Gasteiger charge is 2.09. The fourth-order valence-corrected chi connectivity index (χ4v) is 3.08. The Bertz CT molecular complexity index is 575. The van der Waals surface area contributed by atoms with Crippen molar-refractivity contribution in [2.24, 2.45) is 0 Å². The van der Waals surface area contributed by atoms with Crippen LogP contribution in [-0.4, -0.2) is 33.3 Å². The number of rotatable bonds is 8. The summed E-state index contributed by atoms with van der Waals surface area (Å²) in [5.41, 5.74) is 0.979. The van der Waals surface area contributed by atoms with Crippen LogP contribution in [0.4, 0.5) is 0 Å². The Labute approximate surface area is 138 Å². The van der Waals surface area contributed by atoms with Crippen LogP contribution in [0.25, 0.3) is 0 Å². The van der Waals surface area contributed by atoms with Crippen LogP contribution in [0.15, 0.2) is 23.4 Å². The lowest BCUT2D eigenvalue weighted by molar-refractivity contribution is 0.510. The maximum absolute atomic E-state index is 6.15. The average Bonchev–Trinajstić information content (AvgIpc) is 2.92. The van der Waals surface area contributed by atoms with E-state index in [9.17, 15) is 0 Å². The summed E-state index contributed by atoms with van der Waals surface area (Å²) in [5, 5.41) is 17.3. The molecule has 21 heavy (non-hydrogen) atoms. The van der Waals surface area contributed by atoms with Gasteiger partial charge in [0.05, 0.1) is 6.54 Å². The van der Waals surface area contributed by atoms with Gasteiger partial charge in [0, 0.05) is 22.3 Å². The first kappa shape index (κ1) is 16.5. The lowest BCUT2D eigenvalue weighted by atomic mass is 10.2. The van der Waals surface area contributed by atoms with Crippen molar-refractivity contribution >= 4 is 35.0 Å². The molecule has 0 unspecified atom stereocenters. The van der Waals surface area contributed by atoms with Gasteiger partial charge in [-0.15, -0.1) is 5.10 Å². The van der Waals surface area contributed by atoms with Crippen LogP contribution < -0.4 is 5.32 Å². The molecule has 1 aromatic heterocycles. The normalized spacial score (nSPS) is 11.0. The van der Waals surface area contributed by atoms with E-state index in [1.54, 1.807) is 28.6 Å². The van der Waals surface area contributed by atoms with Crippen LogP contribution in [-0.2, 0) is 12.3 Å². The summed E-state index contributed by atoms with van der Waals surface area (Å²) in [6.07, 6.45) is 1.12. The molecule has 2 aromatic rings. The highest BCUT2D eigenvalue weighted by atomic mass is 35.5. The Morgan fingerprint density at radius 2 is 2.14 bits per heavy atom. The molecule has 0 aliphatic rings. The number of aromatic nitrogens is 4. The number of benzene rings is 1. The highest BCUT2D eigenvalue weighted by molar-refractivity contribution is 7.98. The molecule has 0 saturated carbocycles. The number of hydrogen-bond donors (Lipinski definition) is 1. The van der Waals surface area contributed by atoms with Crippen molar-refractivity contribution < 1.29 is 0 Å². The number of halogens is 2. The van der Waals surface area contributed by atoms with Gasteiger partial charge in [0.15, 0.2) is 0 Å². The number of nitrogens with one attached hydrogen (secondary N) is 1. The lowest BCUT2D eigenvalue weighted by Gasteiger charge is -2.06. The molecule has 1 N–H and O–H groups in total. The predicted molar refractivity (Wildman–Crippen MR) is 87.0 cm³/mol. The molecule has 5 nitrogen and oxygen atoms in total. The van der Waals surface area contributed by atoms with Gasteiger partial charge in [0.1, 0.15) is 0 Å². The third-order valence-corrected chi connectivity index (χ3v) is 4.40. The summed E-state index contributed by atoms with van der Waals surface area (Å²) >= 11 is 13.7. The fourth-order valence-electron chi connectivity index (χ4n) is 1.72. The number of hydrogen-bond acceptors (Lipinski definition) is 5. The van der Waals surface area contributed by atoms with Crippen molar-refractivity contribution in [1.29, 1.82) is 0 Å². The molecule has 0 atom stereocenters. The Hall–Kier alpha value is -0.820.